The zero-order chi connectivity index (χ0) is 15.4. The van der Waals surface area contributed by atoms with Gasteiger partial charge in [0.1, 0.15) is 22.7 Å². The van der Waals surface area contributed by atoms with Gasteiger partial charge in [-0.05, 0) is 34.1 Å². The van der Waals surface area contributed by atoms with Gasteiger partial charge in [-0.25, -0.2) is 13.5 Å². The van der Waals surface area contributed by atoms with E-state index in [0.717, 1.165) is 22.9 Å². The highest BCUT2D eigenvalue weighted by Crippen LogP contribution is 2.18. The molecule has 0 aliphatic heterocycles. The fourth-order valence-electron chi connectivity index (χ4n) is 1.66. The van der Waals surface area contributed by atoms with Crippen LogP contribution in [0.15, 0.2) is 33.7 Å². The third-order valence-electron chi connectivity index (χ3n) is 2.70. The molecule has 0 aliphatic rings. The quantitative estimate of drug-likeness (QED) is 0.859. The van der Waals surface area contributed by atoms with E-state index in [4.69, 9.17) is 6.42 Å². The van der Waals surface area contributed by atoms with Crippen molar-refractivity contribution in [1.29, 1.82) is 0 Å². The molecule has 0 saturated carbocycles. The molecule has 1 heterocycles. The molecule has 0 aliphatic carbocycles. The van der Waals surface area contributed by atoms with Gasteiger partial charge in [0.25, 0.3) is 5.56 Å². The van der Waals surface area contributed by atoms with Crippen LogP contribution in [0.4, 0.5) is 14.5 Å². The first-order chi connectivity index (χ1) is 10.0. The average molecular weight is 354 g/mol. The molecule has 0 atom stereocenters. The van der Waals surface area contributed by atoms with E-state index in [0.29, 0.717) is 5.69 Å². The maximum atomic E-state index is 13.5. The molecule has 0 bridgehead atoms. The Morgan fingerprint density at radius 3 is 2.90 bits per heavy atom. The van der Waals surface area contributed by atoms with E-state index in [1.54, 1.807) is 0 Å². The highest BCUT2D eigenvalue weighted by molar-refractivity contribution is 9.10. The molecule has 1 N–H and O–H groups in total. The molecule has 0 unspecified atom stereocenters. The molecule has 0 saturated heterocycles. The predicted molar refractivity (Wildman–Crippen MR) is 78.7 cm³/mol. The Bertz CT molecular complexity index is 768. The Labute approximate surface area is 127 Å². The Hall–Kier alpha value is -2.20. The van der Waals surface area contributed by atoms with Gasteiger partial charge in [0, 0.05) is 12.1 Å². The summed E-state index contributed by atoms with van der Waals surface area (Å²) in [5.41, 5.74) is 0.115. The second kappa shape index (κ2) is 6.50. The van der Waals surface area contributed by atoms with E-state index in [9.17, 15) is 13.6 Å². The SMILES string of the molecule is C#CCn1ncc(NCc2cc(F)ccc2F)c(Br)c1=O. The Morgan fingerprint density at radius 2 is 2.19 bits per heavy atom. The Kier molecular flexibility index (Phi) is 4.70. The summed E-state index contributed by atoms with van der Waals surface area (Å²) < 4.78 is 27.9. The van der Waals surface area contributed by atoms with Crippen LogP contribution in [0.5, 0.6) is 0 Å². The maximum Gasteiger partial charge on any atom is 0.284 e. The molecule has 1 aromatic heterocycles. The molecule has 2 rings (SSSR count). The number of anilines is 1. The standard InChI is InChI=1S/C14H10BrF2N3O/c1-2-5-20-14(21)13(15)12(8-19-20)18-7-9-6-10(16)3-4-11(9)17/h1,3-4,6,8,18H,5,7H2. The summed E-state index contributed by atoms with van der Waals surface area (Å²) >= 11 is 3.14. The summed E-state index contributed by atoms with van der Waals surface area (Å²) in [7, 11) is 0. The number of halogens is 3. The molecule has 0 fully saturated rings. The number of terminal acetylenes is 1. The molecular weight excluding hydrogens is 344 g/mol. The monoisotopic (exact) mass is 353 g/mol. The number of hydrogen-bond acceptors (Lipinski definition) is 3. The first-order valence-corrected chi connectivity index (χ1v) is 6.69. The van der Waals surface area contributed by atoms with Crippen molar-refractivity contribution < 1.29 is 8.78 Å². The molecule has 21 heavy (non-hydrogen) atoms. The van der Waals surface area contributed by atoms with Crippen LogP contribution < -0.4 is 10.9 Å². The number of aromatic nitrogens is 2. The largest absolute Gasteiger partial charge is 0.378 e. The van der Waals surface area contributed by atoms with E-state index in [1.165, 1.54) is 6.20 Å². The summed E-state index contributed by atoms with van der Waals surface area (Å²) in [6.45, 7) is 0.0682. The second-order valence-corrected chi connectivity index (χ2v) is 4.92. The summed E-state index contributed by atoms with van der Waals surface area (Å²) in [6, 6.07) is 3.17. The van der Waals surface area contributed by atoms with Crippen LogP contribution in [-0.4, -0.2) is 9.78 Å². The van der Waals surface area contributed by atoms with Crippen LogP contribution in [0.2, 0.25) is 0 Å². The normalized spacial score (nSPS) is 10.2. The predicted octanol–water partition coefficient (Wildman–Crippen LogP) is 2.53. The lowest BCUT2D eigenvalue weighted by Gasteiger charge is -2.10. The van der Waals surface area contributed by atoms with Crippen LogP contribution >= 0.6 is 15.9 Å². The van der Waals surface area contributed by atoms with Crippen LogP contribution in [0.3, 0.4) is 0 Å². The molecule has 1 aromatic carbocycles. The topological polar surface area (TPSA) is 46.9 Å². The molecule has 0 radical (unpaired) electrons. The van der Waals surface area contributed by atoms with Gasteiger partial charge >= 0.3 is 0 Å². The Balaban J connectivity index is 2.21. The van der Waals surface area contributed by atoms with Gasteiger partial charge in [-0.2, -0.15) is 5.10 Å². The minimum Gasteiger partial charge on any atom is -0.378 e. The highest BCUT2D eigenvalue weighted by atomic mass is 79.9. The number of benzene rings is 1. The van der Waals surface area contributed by atoms with Gasteiger partial charge < -0.3 is 5.32 Å². The lowest BCUT2D eigenvalue weighted by molar-refractivity contribution is 0.587. The van der Waals surface area contributed by atoms with Crippen molar-refractivity contribution in [2.45, 2.75) is 13.1 Å². The summed E-state index contributed by atoms with van der Waals surface area (Å²) in [5, 5.41) is 6.71. The van der Waals surface area contributed by atoms with Crippen LogP contribution in [-0.2, 0) is 13.1 Å². The van der Waals surface area contributed by atoms with E-state index < -0.39 is 17.2 Å². The molecule has 0 amide bonds. The number of hydrogen-bond donors (Lipinski definition) is 1. The van der Waals surface area contributed by atoms with Crippen LogP contribution in [0.25, 0.3) is 0 Å². The van der Waals surface area contributed by atoms with Crippen molar-refractivity contribution in [3.63, 3.8) is 0 Å². The first kappa shape index (κ1) is 15.2. The molecule has 7 heteroatoms. The van der Waals surface area contributed by atoms with Gasteiger partial charge in [-0.3, -0.25) is 4.79 Å². The van der Waals surface area contributed by atoms with E-state index >= 15 is 0 Å². The van der Waals surface area contributed by atoms with Gasteiger partial charge in [-0.1, -0.05) is 5.92 Å². The first-order valence-electron chi connectivity index (χ1n) is 5.90. The summed E-state index contributed by atoms with van der Waals surface area (Å²) in [5.74, 6) is 1.24. The van der Waals surface area contributed by atoms with Gasteiger partial charge in [0.2, 0.25) is 0 Å². The van der Waals surface area contributed by atoms with Crippen LogP contribution in [0.1, 0.15) is 5.56 Å². The zero-order valence-electron chi connectivity index (χ0n) is 10.7. The smallest absolute Gasteiger partial charge is 0.284 e. The van der Waals surface area contributed by atoms with E-state index in [1.807, 2.05) is 0 Å². The Morgan fingerprint density at radius 1 is 1.43 bits per heavy atom. The van der Waals surface area contributed by atoms with E-state index in [-0.39, 0.29) is 23.1 Å². The molecular formula is C14H10BrF2N3O. The van der Waals surface area contributed by atoms with Crippen molar-refractivity contribution in [2.24, 2.45) is 0 Å². The summed E-state index contributed by atoms with van der Waals surface area (Å²) in [6.07, 6.45) is 6.51. The molecule has 108 valence electrons. The van der Waals surface area contributed by atoms with Crippen molar-refractivity contribution >= 4 is 21.6 Å². The van der Waals surface area contributed by atoms with Crippen molar-refractivity contribution in [3.8, 4) is 12.3 Å². The minimum atomic E-state index is -0.534. The average Bonchev–Trinajstić information content (AvgIpc) is 2.46. The lowest BCUT2D eigenvalue weighted by atomic mass is 10.2. The van der Waals surface area contributed by atoms with Crippen molar-refractivity contribution in [2.75, 3.05) is 5.32 Å². The number of rotatable bonds is 4. The number of nitrogens with one attached hydrogen (secondary N) is 1. The lowest BCUT2D eigenvalue weighted by Crippen LogP contribution is -2.24. The fraction of sp³-hybridized carbons (Fsp3) is 0.143. The van der Waals surface area contributed by atoms with E-state index in [2.05, 4.69) is 32.3 Å². The fourth-order valence-corrected chi connectivity index (χ4v) is 2.10. The van der Waals surface area contributed by atoms with Crippen LogP contribution in [0, 0.1) is 24.0 Å². The third-order valence-corrected chi connectivity index (χ3v) is 3.47. The van der Waals surface area contributed by atoms with Gasteiger partial charge in [-0.15, -0.1) is 6.42 Å². The number of nitrogens with zero attached hydrogens (tertiary/aromatic N) is 2. The van der Waals surface area contributed by atoms with Crippen molar-refractivity contribution in [1.82, 2.24) is 9.78 Å². The van der Waals surface area contributed by atoms with Crippen molar-refractivity contribution in [3.05, 3.63) is 56.4 Å². The summed E-state index contributed by atoms with van der Waals surface area (Å²) in [4.78, 5) is 11.9. The molecule has 4 nitrogen and oxygen atoms in total. The molecule has 2 aromatic rings. The highest BCUT2D eigenvalue weighted by Gasteiger charge is 2.09. The third kappa shape index (κ3) is 3.47. The van der Waals surface area contributed by atoms with Gasteiger partial charge in [0.05, 0.1) is 11.9 Å². The zero-order valence-corrected chi connectivity index (χ0v) is 12.3. The van der Waals surface area contributed by atoms with Gasteiger partial charge in [0.15, 0.2) is 0 Å². The second-order valence-electron chi connectivity index (χ2n) is 4.13. The molecule has 0 spiro atoms. The maximum absolute atomic E-state index is 13.5. The minimum absolute atomic E-state index is 0.0163.